The molecule has 3 aromatic rings. The number of carbonyl (C=O) groups is 1. The first kappa shape index (κ1) is 17.2. The van der Waals surface area contributed by atoms with Crippen LogP contribution in [0.25, 0.3) is 10.2 Å². The smallest absolute Gasteiger partial charge is 0.259 e. The Morgan fingerprint density at radius 1 is 1.24 bits per heavy atom. The fraction of sp³-hybridized carbons (Fsp3) is 0.278. The number of hydrogen-bond acceptors (Lipinski definition) is 6. The van der Waals surface area contributed by atoms with Crippen molar-refractivity contribution in [3.05, 3.63) is 42.1 Å². The first-order chi connectivity index (χ1) is 12.2. The first-order valence-corrected chi connectivity index (χ1v) is 8.93. The van der Waals surface area contributed by atoms with Crippen LogP contribution in [0.4, 0.5) is 10.9 Å². The largest absolute Gasteiger partial charge is 0.494 e. The van der Waals surface area contributed by atoms with E-state index in [9.17, 15) is 4.79 Å². The van der Waals surface area contributed by atoms with E-state index < -0.39 is 0 Å². The monoisotopic (exact) mass is 356 g/mol. The minimum Gasteiger partial charge on any atom is -0.494 e. The van der Waals surface area contributed by atoms with Gasteiger partial charge >= 0.3 is 0 Å². The van der Waals surface area contributed by atoms with Gasteiger partial charge in [-0.2, -0.15) is 0 Å². The van der Waals surface area contributed by atoms with Gasteiger partial charge in [-0.25, -0.2) is 9.97 Å². The molecule has 6 nitrogen and oxygen atoms in total. The predicted octanol–water partition coefficient (Wildman–Crippen LogP) is 3.80. The highest BCUT2D eigenvalue weighted by atomic mass is 32.1. The fourth-order valence-corrected chi connectivity index (χ4v) is 3.44. The van der Waals surface area contributed by atoms with Crippen LogP contribution in [0.3, 0.4) is 0 Å². The second-order valence-corrected chi connectivity index (χ2v) is 6.39. The van der Waals surface area contributed by atoms with Crippen molar-refractivity contribution in [2.45, 2.75) is 13.8 Å². The van der Waals surface area contributed by atoms with Gasteiger partial charge in [-0.3, -0.25) is 10.1 Å². The lowest BCUT2D eigenvalue weighted by molar-refractivity contribution is 0.102. The van der Waals surface area contributed by atoms with Crippen LogP contribution in [-0.2, 0) is 0 Å². The number of anilines is 2. The highest BCUT2D eigenvalue weighted by molar-refractivity contribution is 7.22. The van der Waals surface area contributed by atoms with Gasteiger partial charge in [-0.15, -0.1) is 0 Å². The van der Waals surface area contributed by atoms with Gasteiger partial charge in [0.05, 0.1) is 17.4 Å². The third kappa shape index (κ3) is 3.56. The summed E-state index contributed by atoms with van der Waals surface area (Å²) in [6.07, 6.45) is 1.59. The van der Waals surface area contributed by atoms with Crippen LogP contribution in [0.5, 0.6) is 5.75 Å². The molecule has 0 atom stereocenters. The van der Waals surface area contributed by atoms with Crippen LogP contribution in [0.2, 0.25) is 0 Å². The van der Waals surface area contributed by atoms with Gasteiger partial charge in [0, 0.05) is 19.3 Å². The summed E-state index contributed by atoms with van der Waals surface area (Å²) in [4.78, 5) is 23.4. The maximum Gasteiger partial charge on any atom is 0.259 e. The lowest BCUT2D eigenvalue weighted by Crippen LogP contribution is -2.23. The second-order valence-electron chi connectivity index (χ2n) is 5.36. The SMILES string of the molecule is CCN(CC)c1ccc(C(=O)Nc2nc3c(OC)cccc3s2)cn1. The molecule has 0 aliphatic heterocycles. The normalized spacial score (nSPS) is 10.7. The van der Waals surface area contributed by atoms with Crippen LogP contribution in [0, 0.1) is 0 Å². The molecule has 130 valence electrons. The first-order valence-electron chi connectivity index (χ1n) is 8.12. The van der Waals surface area contributed by atoms with Gasteiger partial charge < -0.3 is 9.64 Å². The van der Waals surface area contributed by atoms with Gasteiger partial charge in [0.1, 0.15) is 17.1 Å². The molecule has 1 amide bonds. The molecule has 2 aromatic heterocycles. The number of nitrogens with zero attached hydrogens (tertiary/aromatic N) is 3. The number of nitrogens with one attached hydrogen (secondary N) is 1. The van der Waals surface area contributed by atoms with Crippen molar-refractivity contribution in [1.82, 2.24) is 9.97 Å². The van der Waals surface area contributed by atoms with Crippen LogP contribution in [0.1, 0.15) is 24.2 Å². The Hall–Kier alpha value is -2.67. The number of ether oxygens (including phenoxy) is 1. The van der Waals surface area contributed by atoms with Crippen molar-refractivity contribution in [2.24, 2.45) is 0 Å². The maximum absolute atomic E-state index is 12.4. The van der Waals surface area contributed by atoms with E-state index in [2.05, 4.69) is 34.0 Å². The molecule has 0 spiro atoms. The average Bonchev–Trinajstić information content (AvgIpc) is 3.05. The van der Waals surface area contributed by atoms with Gasteiger partial charge in [-0.1, -0.05) is 17.4 Å². The van der Waals surface area contributed by atoms with Crippen molar-refractivity contribution in [3.8, 4) is 5.75 Å². The molecule has 0 saturated heterocycles. The molecule has 0 unspecified atom stereocenters. The number of hydrogen-bond donors (Lipinski definition) is 1. The van der Waals surface area contributed by atoms with E-state index in [0.717, 1.165) is 29.1 Å². The number of benzene rings is 1. The average molecular weight is 356 g/mol. The van der Waals surface area contributed by atoms with Crippen LogP contribution < -0.4 is 15.0 Å². The third-order valence-electron chi connectivity index (χ3n) is 3.92. The van der Waals surface area contributed by atoms with Gasteiger partial charge in [-0.05, 0) is 38.1 Å². The summed E-state index contributed by atoms with van der Waals surface area (Å²) >= 11 is 1.41. The highest BCUT2D eigenvalue weighted by Gasteiger charge is 2.13. The number of methoxy groups -OCH3 is 1. The van der Waals surface area contributed by atoms with Crippen LogP contribution in [-0.4, -0.2) is 36.1 Å². The van der Waals surface area contributed by atoms with E-state index in [4.69, 9.17) is 4.74 Å². The van der Waals surface area contributed by atoms with Crippen molar-refractivity contribution in [2.75, 3.05) is 30.4 Å². The molecule has 3 rings (SSSR count). The second kappa shape index (κ2) is 7.48. The molecule has 0 aliphatic carbocycles. The molecule has 7 heteroatoms. The zero-order chi connectivity index (χ0) is 17.8. The summed E-state index contributed by atoms with van der Waals surface area (Å²) in [7, 11) is 1.61. The number of para-hydroxylation sites is 1. The van der Waals surface area contributed by atoms with Crippen molar-refractivity contribution in [3.63, 3.8) is 0 Å². The topological polar surface area (TPSA) is 67.4 Å². The summed E-state index contributed by atoms with van der Waals surface area (Å²) in [5.41, 5.74) is 1.25. The molecule has 2 heterocycles. The third-order valence-corrected chi connectivity index (χ3v) is 4.86. The Morgan fingerprint density at radius 2 is 2.04 bits per heavy atom. The maximum atomic E-state index is 12.4. The van der Waals surface area contributed by atoms with Crippen molar-refractivity contribution < 1.29 is 9.53 Å². The Balaban J connectivity index is 1.78. The molecule has 1 aromatic carbocycles. The number of thiazole rings is 1. The molecular weight excluding hydrogens is 336 g/mol. The molecule has 1 N–H and O–H groups in total. The molecule has 0 bridgehead atoms. The fourth-order valence-electron chi connectivity index (χ4n) is 2.57. The molecular formula is C18H20N4O2S. The zero-order valence-corrected chi connectivity index (χ0v) is 15.3. The standard InChI is InChI=1S/C18H20N4O2S/c1-4-22(5-2)15-10-9-12(11-19-15)17(23)21-18-20-16-13(24-3)7-6-8-14(16)25-18/h6-11H,4-5H2,1-3H3,(H,20,21,23). The van der Waals surface area contributed by atoms with E-state index in [-0.39, 0.29) is 5.91 Å². The molecule has 0 aliphatic rings. The van der Waals surface area contributed by atoms with E-state index in [0.29, 0.717) is 16.4 Å². The van der Waals surface area contributed by atoms with Gasteiger partial charge in [0.2, 0.25) is 0 Å². The quantitative estimate of drug-likeness (QED) is 0.728. The molecule has 25 heavy (non-hydrogen) atoms. The van der Waals surface area contributed by atoms with E-state index in [1.807, 2.05) is 24.3 Å². The van der Waals surface area contributed by atoms with Gasteiger partial charge in [0.25, 0.3) is 5.91 Å². The summed E-state index contributed by atoms with van der Waals surface area (Å²) in [5.74, 6) is 1.34. The minimum absolute atomic E-state index is 0.225. The molecule has 0 fully saturated rings. The number of aromatic nitrogens is 2. The van der Waals surface area contributed by atoms with Crippen LogP contribution in [0.15, 0.2) is 36.5 Å². The Bertz CT molecular complexity index is 872. The Labute approximate surface area is 150 Å². The summed E-state index contributed by atoms with van der Waals surface area (Å²) in [6, 6.07) is 9.35. The minimum atomic E-state index is -0.225. The van der Waals surface area contributed by atoms with E-state index in [1.165, 1.54) is 11.3 Å². The van der Waals surface area contributed by atoms with E-state index in [1.54, 1.807) is 19.4 Å². The number of fused-ring (bicyclic) bond motifs is 1. The summed E-state index contributed by atoms with van der Waals surface area (Å²) in [5, 5.41) is 3.37. The lowest BCUT2D eigenvalue weighted by Gasteiger charge is -2.19. The van der Waals surface area contributed by atoms with Crippen molar-refractivity contribution >= 4 is 38.4 Å². The van der Waals surface area contributed by atoms with Crippen LogP contribution >= 0.6 is 11.3 Å². The number of pyridine rings is 1. The zero-order valence-electron chi connectivity index (χ0n) is 14.4. The summed E-state index contributed by atoms with van der Waals surface area (Å²) in [6.45, 7) is 5.91. The lowest BCUT2D eigenvalue weighted by atomic mass is 10.2. The number of rotatable bonds is 6. The Kier molecular flexibility index (Phi) is 5.14. The Morgan fingerprint density at radius 3 is 2.68 bits per heavy atom. The van der Waals surface area contributed by atoms with E-state index >= 15 is 0 Å². The highest BCUT2D eigenvalue weighted by Crippen LogP contribution is 2.32. The van der Waals surface area contributed by atoms with Gasteiger partial charge in [0.15, 0.2) is 5.13 Å². The predicted molar refractivity (Wildman–Crippen MR) is 102 cm³/mol. The van der Waals surface area contributed by atoms with Crippen molar-refractivity contribution in [1.29, 1.82) is 0 Å². The summed E-state index contributed by atoms with van der Waals surface area (Å²) < 4.78 is 6.27. The number of amides is 1. The molecule has 0 radical (unpaired) electrons. The number of carbonyl (C=O) groups excluding carboxylic acids is 1. The molecule has 0 saturated carbocycles.